The lowest BCUT2D eigenvalue weighted by molar-refractivity contribution is 0.0906. The Balaban J connectivity index is 1.57. The minimum Gasteiger partial charge on any atom is -0.495 e. The van der Waals surface area contributed by atoms with Gasteiger partial charge in [-0.15, -0.1) is 0 Å². The van der Waals surface area contributed by atoms with Crippen molar-refractivity contribution in [3.8, 4) is 5.75 Å². The largest absolute Gasteiger partial charge is 0.495 e. The molecule has 1 amide bonds. The standard InChI is InChI=1S/C20H22BrClN2O2/c1-26-19-17(11-15(22)12-18(19)21)20(25)23-16-7-9-24(10-8-16)13-14-5-3-2-4-6-14/h2-6,11-12,16H,7-10,13H2,1H3,(H,23,25). The van der Waals surface area contributed by atoms with E-state index in [1.54, 1.807) is 19.2 Å². The molecule has 6 heteroatoms. The maximum Gasteiger partial charge on any atom is 0.255 e. The molecule has 1 aliphatic heterocycles. The molecule has 0 unspecified atom stereocenters. The van der Waals surface area contributed by atoms with Crippen molar-refractivity contribution in [3.05, 3.63) is 63.1 Å². The number of hydrogen-bond donors (Lipinski definition) is 1. The van der Waals surface area contributed by atoms with Crippen LogP contribution in [-0.4, -0.2) is 37.0 Å². The van der Waals surface area contributed by atoms with Gasteiger partial charge in [0.2, 0.25) is 0 Å². The second kappa shape index (κ2) is 8.89. The monoisotopic (exact) mass is 436 g/mol. The second-order valence-corrected chi connectivity index (χ2v) is 7.77. The van der Waals surface area contributed by atoms with Gasteiger partial charge in [0.15, 0.2) is 0 Å². The van der Waals surface area contributed by atoms with Crippen LogP contribution in [0.25, 0.3) is 0 Å². The molecule has 0 radical (unpaired) electrons. The Hall–Kier alpha value is -1.56. The molecule has 3 rings (SSSR count). The van der Waals surface area contributed by atoms with E-state index in [0.717, 1.165) is 32.5 Å². The fraction of sp³-hybridized carbons (Fsp3) is 0.350. The van der Waals surface area contributed by atoms with Crippen molar-refractivity contribution in [2.75, 3.05) is 20.2 Å². The van der Waals surface area contributed by atoms with Crippen LogP contribution in [0.4, 0.5) is 0 Å². The molecule has 1 heterocycles. The lowest BCUT2D eigenvalue weighted by atomic mass is 10.0. The van der Waals surface area contributed by atoms with E-state index >= 15 is 0 Å². The average molecular weight is 438 g/mol. The van der Waals surface area contributed by atoms with E-state index in [2.05, 4.69) is 50.4 Å². The fourth-order valence-corrected chi connectivity index (χ4v) is 4.25. The number of carbonyl (C=O) groups is 1. The van der Waals surface area contributed by atoms with E-state index in [-0.39, 0.29) is 11.9 Å². The molecule has 2 aromatic rings. The predicted molar refractivity (Wildman–Crippen MR) is 108 cm³/mol. The molecule has 0 bridgehead atoms. The van der Waals surface area contributed by atoms with E-state index in [0.29, 0.717) is 20.8 Å². The molecule has 1 fully saturated rings. The first kappa shape index (κ1) is 19.2. The highest BCUT2D eigenvalue weighted by atomic mass is 79.9. The van der Waals surface area contributed by atoms with Crippen molar-refractivity contribution in [2.45, 2.75) is 25.4 Å². The molecule has 0 aromatic heterocycles. The summed E-state index contributed by atoms with van der Waals surface area (Å²) in [5.41, 5.74) is 1.78. The highest BCUT2D eigenvalue weighted by Gasteiger charge is 2.23. The molecular weight excluding hydrogens is 416 g/mol. The Kier molecular flexibility index (Phi) is 6.57. The number of amides is 1. The molecule has 4 nitrogen and oxygen atoms in total. The first-order valence-corrected chi connectivity index (χ1v) is 9.84. The minimum atomic E-state index is -0.147. The van der Waals surface area contributed by atoms with Crippen molar-refractivity contribution >= 4 is 33.4 Å². The maximum atomic E-state index is 12.7. The molecule has 0 aliphatic carbocycles. The number of nitrogens with one attached hydrogen (secondary N) is 1. The molecule has 1 aliphatic rings. The summed E-state index contributed by atoms with van der Waals surface area (Å²) in [6.07, 6.45) is 1.87. The third kappa shape index (κ3) is 4.78. The summed E-state index contributed by atoms with van der Waals surface area (Å²) in [5.74, 6) is 0.361. The van der Waals surface area contributed by atoms with Crippen LogP contribution in [0, 0.1) is 0 Å². The van der Waals surface area contributed by atoms with Crippen molar-refractivity contribution in [1.82, 2.24) is 10.2 Å². The van der Waals surface area contributed by atoms with Gasteiger partial charge in [-0.3, -0.25) is 9.69 Å². The topological polar surface area (TPSA) is 41.6 Å². The number of methoxy groups -OCH3 is 1. The normalized spacial score (nSPS) is 15.7. The van der Waals surface area contributed by atoms with E-state index in [1.807, 2.05) is 6.07 Å². The Morgan fingerprint density at radius 3 is 2.62 bits per heavy atom. The Labute approximate surface area is 167 Å². The van der Waals surface area contributed by atoms with Crippen LogP contribution in [0.1, 0.15) is 28.8 Å². The summed E-state index contributed by atoms with van der Waals surface area (Å²) in [5, 5.41) is 3.62. The smallest absolute Gasteiger partial charge is 0.255 e. The highest BCUT2D eigenvalue weighted by Crippen LogP contribution is 2.32. The van der Waals surface area contributed by atoms with Crippen LogP contribution >= 0.6 is 27.5 Å². The maximum absolute atomic E-state index is 12.7. The molecule has 1 saturated heterocycles. The number of carbonyl (C=O) groups excluding carboxylic acids is 1. The summed E-state index contributed by atoms with van der Waals surface area (Å²) in [4.78, 5) is 15.1. The van der Waals surface area contributed by atoms with E-state index < -0.39 is 0 Å². The van der Waals surface area contributed by atoms with Crippen LogP contribution in [0.2, 0.25) is 5.02 Å². The van der Waals surface area contributed by atoms with E-state index in [1.165, 1.54) is 5.56 Å². The SMILES string of the molecule is COc1c(Br)cc(Cl)cc1C(=O)NC1CCN(Cc2ccccc2)CC1. The van der Waals surface area contributed by atoms with Crippen molar-refractivity contribution in [1.29, 1.82) is 0 Å². The number of likely N-dealkylation sites (tertiary alicyclic amines) is 1. The van der Waals surface area contributed by atoms with Crippen LogP contribution in [0.3, 0.4) is 0 Å². The predicted octanol–water partition coefficient (Wildman–Crippen LogP) is 4.51. The molecule has 1 N–H and O–H groups in total. The average Bonchev–Trinajstić information content (AvgIpc) is 2.63. The van der Waals surface area contributed by atoms with Crippen LogP contribution in [-0.2, 0) is 6.54 Å². The molecule has 0 atom stereocenters. The van der Waals surface area contributed by atoms with Crippen LogP contribution in [0.15, 0.2) is 46.9 Å². The molecule has 0 spiro atoms. The Bertz CT molecular complexity index is 762. The second-order valence-electron chi connectivity index (χ2n) is 6.48. The third-order valence-electron chi connectivity index (χ3n) is 4.63. The van der Waals surface area contributed by atoms with Gasteiger partial charge < -0.3 is 10.1 Å². The van der Waals surface area contributed by atoms with Gasteiger partial charge >= 0.3 is 0 Å². The summed E-state index contributed by atoms with van der Waals surface area (Å²) in [7, 11) is 1.55. The molecule has 2 aromatic carbocycles. The van der Waals surface area contributed by atoms with Gasteiger partial charge in [0, 0.05) is 30.7 Å². The number of benzene rings is 2. The number of rotatable bonds is 5. The number of nitrogens with zero attached hydrogens (tertiary/aromatic N) is 1. The van der Waals surface area contributed by atoms with E-state index in [4.69, 9.17) is 16.3 Å². The summed E-state index contributed by atoms with van der Waals surface area (Å²) in [6, 6.07) is 14.0. The minimum absolute atomic E-state index is 0.147. The van der Waals surface area contributed by atoms with Crippen molar-refractivity contribution < 1.29 is 9.53 Å². The first-order valence-electron chi connectivity index (χ1n) is 8.67. The molecule has 138 valence electrons. The molecule has 0 saturated carbocycles. The lowest BCUT2D eigenvalue weighted by Gasteiger charge is -2.32. The zero-order valence-electron chi connectivity index (χ0n) is 14.7. The first-order chi connectivity index (χ1) is 12.6. The number of ether oxygens (including phenoxy) is 1. The van der Waals surface area contributed by atoms with Gasteiger partial charge in [-0.05, 0) is 46.5 Å². The Morgan fingerprint density at radius 2 is 1.96 bits per heavy atom. The fourth-order valence-electron chi connectivity index (χ4n) is 3.28. The molecule has 26 heavy (non-hydrogen) atoms. The van der Waals surface area contributed by atoms with Gasteiger partial charge in [0.1, 0.15) is 5.75 Å². The molecular formula is C20H22BrClN2O2. The van der Waals surface area contributed by atoms with Gasteiger partial charge in [-0.25, -0.2) is 0 Å². The third-order valence-corrected chi connectivity index (χ3v) is 5.44. The number of hydrogen-bond acceptors (Lipinski definition) is 3. The summed E-state index contributed by atoms with van der Waals surface area (Å²) < 4.78 is 6.03. The highest BCUT2D eigenvalue weighted by molar-refractivity contribution is 9.10. The van der Waals surface area contributed by atoms with Crippen molar-refractivity contribution in [3.63, 3.8) is 0 Å². The van der Waals surface area contributed by atoms with Gasteiger partial charge in [0.25, 0.3) is 5.91 Å². The van der Waals surface area contributed by atoms with Crippen LogP contribution in [0.5, 0.6) is 5.75 Å². The van der Waals surface area contributed by atoms with Crippen LogP contribution < -0.4 is 10.1 Å². The van der Waals surface area contributed by atoms with Crippen molar-refractivity contribution in [2.24, 2.45) is 0 Å². The van der Waals surface area contributed by atoms with Gasteiger partial charge in [-0.2, -0.15) is 0 Å². The number of halogens is 2. The zero-order valence-corrected chi connectivity index (χ0v) is 17.0. The summed E-state index contributed by atoms with van der Waals surface area (Å²) >= 11 is 9.48. The number of piperidine rings is 1. The quantitative estimate of drug-likeness (QED) is 0.748. The summed E-state index contributed by atoms with van der Waals surface area (Å²) in [6.45, 7) is 2.89. The lowest BCUT2D eigenvalue weighted by Crippen LogP contribution is -2.44. The van der Waals surface area contributed by atoms with Gasteiger partial charge in [-0.1, -0.05) is 41.9 Å². The Morgan fingerprint density at radius 1 is 1.27 bits per heavy atom. The zero-order chi connectivity index (χ0) is 18.5. The van der Waals surface area contributed by atoms with E-state index in [9.17, 15) is 4.79 Å². The van der Waals surface area contributed by atoms with Gasteiger partial charge in [0.05, 0.1) is 17.1 Å².